The lowest BCUT2D eigenvalue weighted by atomic mass is 9.94. The Hall–Kier alpha value is -1.98. The predicted molar refractivity (Wildman–Crippen MR) is 96.0 cm³/mol. The van der Waals surface area contributed by atoms with Crippen LogP contribution in [-0.4, -0.2) is 41.0 Å². The van der Waals surface area contributed by atoms with Crippen LogP contribution in [0, 0.1) is 6.92 Å². The third-order valence-electron chi connectivity index (χ3n) is 4.71. The molecule has 1 saturated heterocycles. The zero-order chi connectivity index (χ0) is 17.0. The van der Waals surface area contributed by atoms with E-state index in [1.54, 1.807) is 6.20 Å². The molecule has 1 aromatic carbocycles. The van der Waals surface area contributed by atoms with Crippen molar-refractivity contribution in [2.45, 2.75) is 38.3 Å². The Balaban J connectivity index is 1.58. The summed E-state index contributed by atoms with van der Waals surface area (Å²) < 4.78 is 0. The van der Waals surface area contributed by atoms with Crippen LogP contribution in [0.2, 0.25) is 0 Å². The van der Waals surface area contributed by atoms with Crippen molar-refractivity contribution in [3.8, 4) is 0 Å². The zero-order valence-corrected chi connectivity index (χ0v) is 14.4. The third-order valence-corrected chi connectivity index (χ3v) is 4.71. The summed E-state index contributed by atoms with van der Waals surface area (Å²) in [5, 5.41) is 22.5. The number of anilines is 1. The van der Waals surface area contributed by atoms with E-state index in [9.17, 15) is 5.11 Å². The van der Waals surface area contributed by atoms with Crippen molar-refractivity contribution in [3.63, 3.8) is 0 Å². The van der Waals surface area contributed by atoms with E-state index in [2.05, 4.69) is 27.3 Å². The van der Waals surface area contributed by atoms with Gasteiger partial charge in [0.2, 0.25) is 0 Å². The number of hydrogen-bond acceptors (Lipinski definition) is 5. The molecular weight excluding hydrogens is 300 g/mol. The molecule has 1 fully saturated rings. The van der Waals surface area contributed by atoms with Gasteiger partial charge in [-0.15, -0.1) is 5.10 Å². The summed E-state index contributed by atoms with van der Waals surface area (Å²) in [6.07, 6.45) is 3.92. The minimum Gasteiger partial charge on any atom is -0.384 e. The summed E-state index contributed by atoms with van der Waals surface area (Å²) in [6.45, 7) is 6.36. The van der Waals surface area contributed by atoms with Crippen LogP contribution in [0.1, 0.15) is 30.9 Å². The maximum atomic E-state index is 10.8. The molecule has 128 valence electrons. The van der Waals surface area contributed by atoms with Gasteiger partial charge in [-0.05, 0) is 44.4 Å². The Morgan fingerprint density at radius 3 is 2.79 bits per heavy atom. The van der Waals surface area contributed by atoms with E-state index >= 15 is 0 Å². The van der Waals surface area contributed by atoms with Gasteiger partial charge in [-0.1, -0.05) is 29.8 Å². The molecule has 3 rings (SSSR count). The Kier molecular flexibility index (Phi) is 5.11. The molecule has 0 amide bonds. The highest BCUT2D eigenvalue weighted by Gasteiger charge is 2.26. The van der Waals surface area contributed by atoms with E-state index in [0.29, 0.717) is 12.6 Å². The van der Waals surface area contributed by atoms with Crippen LogP contribution in [0.25, 0.3) is 0 Å². The van der Waals surface area contributed by atoms with Gasteiger partial charge in [0.25, 0.3) is 0 Å². The Bertz CT molecular complexity index is 642. The van der Waals surface area contributed by atoms with Gasteiger partial charge in [-0.3, -0.25) is 0 Å². The first-order chi connectivity index (χ1) is 11.5. The average molecular weight is 326 g/mol. The lowest BCUT2D eigenvalue weighted by Gasteiger charge is -2.35. The van der Waals surface area contributed by atoms with Crippen molar-refractivity contribution in [2.24, 2.45) is 0 Å². The van der Waals surface area contributed by atoms with Crippen LogP contribution in [0.15, 0.2) is 42.6 Å². The van der Waals surface area contributed by atoms with E-state index in [4.69, 9.17) is 0 Å². The smallest absolute Gasteiger partial charge is 0.151 e. The first-order valence-electron chi connectivity index (χ1n) is 8.60. The highest BCUT2D eigenvalue weighted by atomic mass is 16.3. The molecule has 5 heteroatoms. The minimum atomic E-state index is -0.872. The summed E-state index contributed by atoms with van der Waals surface area (Å²) in [6, 6.07) is 12.4. The largest absolute Gasteiger partial charge is 0.384 e. The molecule has 0 aliphatic carbocycles. The van der Waals surface area contributed by atoms with Crippen LogP contribution in [0.4, 0.5) is 5.82 Å². The molecule has 1 aliphatic rings. The quantitative estimate of drug-likeness (QED) is 0.882. The summed E-state index contributed by atoms with van der Waals surface area (Å²) in [5.41, 5.74) is 1.28. The Morgan fingerprint density at radius 2 is 2.08 bits per heavy atom. The van der Waals surface area contributed by atoms with Crippen molar-refractivity contribution < 1.29 is 5.11 Å². The maximum absolute atomic E-state index is 10.8. The van der Waals surface area contributed by atoms with Crippen molar-refractivity contribution in [2.75, 3.05) is 24.5 Å². The van der Waals surface area contributed by atoms with Crippen LogP contribution in [-0.2, 0) is 5.60 Å². The maximum Gasteiger partial charge on any atom is 0.151 e. The highest BCUT2D eigenvalue weighted by molar-refractivity contribution is 5.37. The van der Waals surface area contributed by atoms with Gasteiger partial charge in [-0.2, -0.15) is 5.10 Å². The molecule has 2 unspecified atom stereocenters. The van der Waals surface area contributed by atoms with Gasteiger partial charge in [0.05, 0.1) is 5.60 Å². The number of aryl methyl sites for hydroxylation is 1. The van der Waals surface area contributed by atoms with Crippen molar-refractivity contribution >= 4 is 5.82 Å². The second-order valence-electron chi connectivity index (χ2n) is 6.89. The summed E-state index contributed by atoms with van der Waals surface area (Å²) in [7, 11) is 0. The van der Waals surface area contributed by atoms with E-state index in [0.717, 1.165) is 37.3 Å². The lowest BCUT2D eigenvalue weighted by Crippen LogP contribution is -2.49. The summed E-state index contributed by atoms with van der Waals surface area (Å²) in [4.78, 5) is 2.26. The number of benzene rings is 1. The number of nitrogens with zero attached hydrogens (tertiary/aromatic N) is 3. The van der Waals surface area contributed by atoms with E-state index in [-0.39, 0.29) is 0 Å². The van der Waals surface area contributed by atoms with Gasteiger partial charge in [-0.25, -0.2) is 0 Å². The minimum absolute atomic E-state index is 0.345. The number of aliphatic hydroxyl groups is 1. The molecule has 2 heterocycles. The fourth-order valence-electron chi connectivity index (χ4n) is 3.17. The predicted octanol–water partition coefficient (Wildman–Crippen LogP) is 2.25. The highest BCUT2D eigenvalue weighted by Crippen LogP contribution is 2.22. The second kappa shape index (κ2) is 7.28. The molecule has 2 N–H and O–H groups in total. The van der Waals surface area contributed by atoms with E-state index in [1.807, 2.05) is 43.3 Å². The number of piperidine rings is 1. The van der Waals surface area contributed by atoms with Crippen molar-refractivity contribution in [1.82, 2.24) is 15.5 Å². The zero-order valence-electron chi connectivity index (χ0n) is 14.4. The molecule has 0 bridgehead atoms. The molecule has 0 spiro atoms. The van der Waals surface area contributed by atoms with Gasteiger partial charge in [0.1, 0.15) is 0 Å². The lowest BCUT2D eigenvalue weighted by molar-refractivity contribution is 0.0532. The summed E-state index contributed by atoms with van der Waals surface area (Å²) in [5.74, 6) is 0.925. The first-order valence-corrected chi connectivity index (χ1v) is 8.60. The second-order valence-corrected chi connectivity index (χ2v) is 6.89. The van der Waals surface area contributed by atoms with Crippen LogP contribution in [0.5, 0.6) is 0 Å². The van der Waals surface area contributed by atoms with Crippen LogP contribution in [0.3, 0.4) is 0 Å². The molecule has 2 atom stereocenters. The molecule has 1 aliphatic heterocycles. The number of hydrogen-bond donors (Lipinski definition) is 2. The van der Waals surface area contributed by atoms with Gasteiger partial charge >= 0.3 is 0 Å². The number of aromatic nitrogens is 2. The van der Waals surface area contributed by atoms with Crippen LogP contribution >= 0.6 is 0 Å². The molecule has 2 aromatic rings. The molecular formula is C19H26N4O. The average Bonchev–Trinajstić information content (AvgIpc) is 2.61. The SMILES string of the molecule is Cc1ccc(C(C)(O)CNC2CCCN(c3cccnn3)C2)cc1. The fourth-order valence-corrected chi connectivity index (χ4v) is 3.17. The third kappa shape index (κ3) is 4.10. The van der Waals surface area contributed by atoms with Crippen molar-refractivity contribution in [3.05, 3.63) is 53.7 Å². The molecule has 24 heavy (non-hydrogen) atoms. The Labute approximate surface area is 143 Å². The van der Waals surface area contributed by atoms with E-state index in [1.165, 1.54) is 5.56 Å². The Morgan fingerprint density at radius 1 is 1.29 bits per heavy atom. The van der Waals surface area contributed by atoms with E-state index < -0.39 is 5.60 Å². The molecule has 0 saturated carbocycles. The van der Waals surface area contributed by atoms with Crippen LogP contribution < -0.4 is 10.2 Å². The van der Waals surface area contributed by atoms with Gasteiger partial charge < -0.3 is 15.3 Å². The van der Waals surface area contributed by atoms with Gasteiger partial charge in [0, 0.05) is 31.9 Å². The number of rotatable bonds is 5. The summed E-state index contributed by atoms with van der Waals surface area (Å²) >= 11 is 0. The molecule has 1 aromatic heterocycles. The number of nitrogens with one attached hydrogen (secondary N) is 1. The fraction of sp³-hybridized carbons (Fsp3) is 0.474. The molecule has 5 nitrogen and oxygen atoms in total. The van der Waals surface area contributed by atoms with Crippen molar-refractivity contribution in [1.29, 1.82) is 0 Å². The normalized spacial score (nSPS) is 20.6. The standard InChI is InChI=1S/C19H26N4O/c1-15-7-9-16(10-8-15)19(2,24)14-20-17-5-4-12-23(13-17)18-6-3-11-21-22-18/h3,6-11,17,20,24H,4-5,12-14H2,1-2H3. The monoisotopic (exact) mass is 326 g/mol. The molecule has 0 radical (unpaired) electrons. The van der Waals surface area contributed by atoms with Gasteiger partial charge in [0.15, 0.2) is 5.82 Å². The first kappa shape index (κ1) is 16.9. The topological polar surface area (TPSA) is 61.3 Å².